The second kappa shape index (κ2) is 7.85. The van der Waals surface area contributed by atoms with E-state index in [2.05, 4.69) is 53.4 Å². The van der Waals surface area contributed by atoms with Crippen LogP contribution >= 0.6 is 0 Å². The van der Waals surface area contributed by atoms with Gasteiger partial charge in [0.25, 0.3) is 0 Å². The van der Waals surface area contributed by atoms with Crippen LogP contribution < -0.4 is 4.90 Å². The summed E-state index contributed by atoms with van der Waals surface area (Å²) in [6, 6.07) is 20.8. The summed E-state index contributed by atoms with van der Waals surface area (Å²) in [6.07, 6.45) is 3.81. The van der Waals surface area contributed by atoms with Gasteiger partial charge >= 0.3 is 0 Å². The van der Waals surface area contributed by atoms with Crippen LogP contribution in [0.1, 0.15) is 12.8 Å². The normalized spacial score (nSPS) is 12.1. The molecular formula is C17H21NOS. The topological polar surface area (TPSA) is 20.3 Å². The van der Waals surface area contributed by atoms with Gasteiger partial charge in [-0.3, -0.25) is 4.21 Å². The number of benzene rings is 2. The second-order valence-corrected chi connectivity index (χ2v) is 6.36. The van der Waals surface area contributed by atoms with E-state index in [1.807, 2.05) is 12.1 Å². The fourth-order valence-electron chi connectivity index (χ4n) is 2.20. The lowest BCUT2D eigenvalue weighted by molar-refractivity contribution is 0.681. The molecule has 2 nitrogen and oxygen atoms in total. The number of para-hydroxylation sites is 2. The molecule has 0 amide bonds. The van der Waals surface area contributed by atoms with E-state index in [-0.39, 0.29) is 0 Å². The first-order valence-electron chi connectivity index (χ1n) is 6.95. The average molecular weight is 287 g/mol. The Hall–Kier alpha value is -1.61. The van der Waals surface area contributed by atoms with Gasteiger partial charge in [0.1, 0.15) is 0 Å². The minimum Gasteiger partial charge on any atom is -0.341 e. The minimum absolute atomic E-state index is 0.688. The maximum atomic E-state index is 11.1. The SMILES string of the molecule is CS(=O)CCCCN(c1ccccc1)c1ccccc1. The summed E-state index contributed by atoms with van der Waals surface area (Å²) in [5, 5.41) is 0. The third kappa shape index (κ3) is 4.49. The quantitative estimate of drug-likeness (QED) is 0.718. The molecule has 0 saturated carbocycles. The Kier molecular flexibility index (Phi) is 5.81. The molecule has 0 aromatic heterocycles. The Labute approximate surface area is 123 Å². The Balaban J connectivity index is 2.07. The highest BCUT2D eigenvalue weighted by atomic mass is 32.2. The molecule has 1 unspecified atom stereocenters. The zero-order valence-corrected chi connectivity index (χ0v) is 12.7. The van der Waals surface area contributed by atoms with Gasteiger partial charge in [0.05, 0.1) is 0 Å². The van der Waals surface area contributed by atoms with Crippen LogP contribution in [0.2, 0.25) is 0 Å². The Bertz CT molecular complexity index is 488. The fourth-order valence-corrected chi connectivity index (χ4v) is 2.81. The summed E-state index contributed by atoms with van der Waals surface area (Å²) in [5.41, 5.74) is 2.41. The molecule has 0 radical (unpaired) electrons. The van der Waals surface area contributed by atoms with Gasteiger partial charge in [-0.1, -0.05) is 36.4 Å². The highest BCUT2D eigenvalue weighted by Gasteiger charge is 2.08. The van der Waals surface area contributed by atoms with E-state index < -0.39 is 10.8 Å². The van der Waals surface area contributed by atoms with Crippen molar-refractivity contribution < 1.29 is 4.21 Å². The molecule has 0 aliphatic carbocycles. The first-order valence-corrected chi connectivity index (χ1v) is 8.68. The van der Waals surface area contributed by atoms with Crippen LogP contribution in [-0.2, 0) is 10.8 Å². The molecule has 0 spiro atoms. The molecule has 0 N–H and O–H groups in total. The van der Waals surface area contributed by atoms with Crippen molar-refractivity contribution in [3.8, 4) is 0 Å². The highest BCUT2D eigenvalue weighted by Crippen LogP contribution is 2.25. The molecule has 0 heterocycles. The van der Waals surface area contributed by atoms with Crippen LogP contribution in [0.5, 0.6) is 0 Å². The molecule has 0 fully saturated rings. The third-order valence-corrected chi connectivity index (χ3v) is 4.06. The van der Waals surface area contributed by atoms with Gasteiger partial charge in [0.2, 0.25) is 0 Å². The van der Waals surface area contributed by atoms with Crippen LogP contribution in [0.3, 0.4) is 0 Å². The van der Waals surface area contributed by atoms with Crippen molar-refractivity contribution in [2.45, 2.75) is 12.8 Å². The van der Waals surface area contributed by atoms with E-state index in [0.717, 1.165) is 25.1 Å². The highest BCUT2D eigenvalue weighted by molar-refractivity contribution is 7.84. The van der Waals surface area contributed by atoms with E-state index in [1.165, 1.54) is 11.4 Å². The van der Waals surface area contributed by atoms with Gasteiger partial charge in [-0.15, -0.1) is 0 Å². The van der Waals surface area contributed by atoms with Crippen molar-refractivity contribution in [2.75, 3.05) is 23.5 Å². The summed E-state index contributed by atoms with van der Waals surface area (Å²) in [6.45, 7) is 0.950. The maximum absolute atomic E-state index is 11.1. The van der Waals surface area contributed by atoms with Crippen LogP contribution in [-0.4, -0.2) is 22.8 Å². The van der Waals surface area contributed by atoms with Crippen LogP contribution in [0.15, 0.2) is 60.7 Å². The summed E-state index contributed by atoms with van der Waals surface area (Å²) in [4.78, 5) is 2.32. The molecule has 20 heavy (non-hydrogen) atoms. The zero-order chi connectivity index (χ0) is 14.2. The maximum Gasteiger partial charge on any atom is 0.0410 e. The standard InChI is InChI=1S/C17H21NOS/c1-20(19)15-9-8-14-18(16-10-4-2-5-11-16)17-12-6-3-7-13-17/h2-7,10-13H,8-9,14-15H2,1H3. The van der Waals surface area contributed by atoms with Gasteiger partial charge in [-0.05, 0) is 37.1 Å². The lowest BCUT2D eigenvalue weighted by atomic mass is 10.2. The van der Waals surface area contributed by atoms with E-state index in [1.54, 1.807) is 6.26 Å². The Morgan fingerprint density at radius 2 is 1.35 bits per heavy atom. The number of rotatable bonds is 7. The lowest BCUT2D eigenvalue weighted by Crippen LogP contribution is -2.18. The van der Waals surface area contributed by atoms with E-state index >= 15 is 0 Å². The van der Waals surface area contributed by atoms with Crippen molar-refractivity contribution in [2.24, 2.45) is 0 Å². The van der Waals surface area contributed by atoms with E-state index in [9.17, 15) is 4.21 Å². The van der Waals surface area contributed by atoms with Crippen LogP contribution in [0.4, 0.5) is 11.4 Å². The molecule has 106 valence electrons. The number of unbranched alkanes of at least 4 members (excludes halogenated alkanes) is 1. The molecule has 2 rings (SSSR count). The average Bonchev–Trinajstić information content (AvgIpc) is 2.49. The molecule has 0 aliphatic heterocycles. The molecular weight excluding hydrogens is 266 g/mol. The van der Waals surface area contributed by atoms with Crippen LogP contribution in [0, 0.1) is 0 Å². The van der Waals surface area contributed by atoms with E-state index in [4.69, 9.17) is 0 Å². The van der Waals surface area contributed by atoms with Crippen molar-refractivity contribution >= 4 is 22.2 Å². The molecule has 2 aromatic rings. The predicted octanol–water partition coefficient (Wildman–Crippen LogP) is 3.98. The Morgan fingerprint density at radius 3 is 1.80 bits per heavy atom. The second-order valence-electron chi connectivity index (χ2n) is 4.81. The monoisotopic (exact) mass is 287 g/mol. The summed E-state index contributed by atoms with van der Waals surface area (Å²) in [7, 11) is -0.688. The number of hydrogen-bond acceptors (Lipinski definition) is 2. The number of nitrogens with zero attached hydrogens (tertiary/aromatic N) is 1. The van der Waals surface area contributed by atoms with Gasteiger partial charge in [0.15, 0.2) is 0 Å². The number of hydrogen-bond donors (Lipinski definition) is 0. The first kappa shape index (κ1) is 14.8. The van der Waals surface area contributed by atoms with Gasteiger partial charge in [0, 0.05) is 40.7 Å². The summed E-state index contributed by atoms with van der Waals surface area (Å²) < 4.78 is 11.1. The minimum atomic E-state index is -0.688. The third-order valence-electron chi connectivity index (χ3n) is 3.20. The number of anilines is 2. The molecule has 1 atom stereocenters. The summed E-state index contributed by atoms with van der Waals surface area (Å²) in [5.74, 6) is 0.789. The molecule has 0 bridgehead atoms. The molecule has 0 aliphatic rings. The van der Waals surface area contributed by atoms with Gasteiger partial charge < -0.3 is 4.90 Å². The van der Waals surface area contributed by atoms with Crippen LogP contribution in [0.25, 0.3) is 0 Å². The van der Waals surface area contributed by atoms with Crippen molar-refractivity contribution in [1.29, 1.82) is 0 Å². The molecule has 0 saturated heterocycles. The van der Waals surface area contributed by atoms with Crippen molar-refractivity contribution in [3.63, 3.8) is 0 Å². The smallest absolute Gasteiger partial charge is 0.0410 e. The largest absolute Gasteiger partial charge is 0.341 e. The van der Waals surface area contributed by atoms with E-state index in [0.29, 0.717) is 0 Å². The molecule has 2 aromatic carbocycles. The predicted molar refractivity (Wildman–Crippen MR) is 88.1 cm³/mol. The van der Waals surface area contributed by atoms with Gasteiger partial charge in [-0.2, -0.15) is 0 Å². The van der Waals surface area contributed by atoms with Crippen molar-refractivity contribution in [1.82, 2.24) is 0 Å². The lowest BCUT2D eigenvalue weighted by Gasteiger charge is -2.25. The fraction of sp³-hybridized carbons (Fsp3) is 0.294. The first-order chi connectivity index (χ1) is 9.77. The van der Waals surface area contributed by atoms with Gasteiger partial charge in [-0.25, -0.2) is 0 Å². The summed E-state index contributed by atoms with van der Waals surface area (Å²) >= 11 is 0. The zero-order valence-electron chi connectivity index (χ0n) is 11.9. The molecule has 3 heteroatoms. The Morgan fingerprint density at radius 1 is 0.850 bits per heavy atom. The van der Waals surface area contributed by atoms with Crippen molar-refractivity contribution in [3.05, 3.63) is 60.7 Å².